The molecule has 1 aromatic rings. The fourth-order valence-corrected chi connectivity index (χ4v) is 4.53. The number of amides is 1. The van der Waals surface area contributed by atoms with Gasteiger partial charge in [-0.25, -0.2) is 0 Å². The van der Waals surface area contributed by atoms with Crippen LogP contribution in [0.1, 0.15) is 146 Å². The van der Waals surface area contributed by atoms with Gasteiger partial charge < -0.3 is 10.1 Å². The van der Waals surface area contributed by atoms with Gasteiger partial charge in [-0.3, -0.25) is 10.1 Å². The molecule has 0 aliphatic heterocycles. The summed E-state index contributed by atoms with van der Waals surface area (Å²) in [6.07, 6.45) is 25.0. The van der Waals surface area contributed by atoms with Gasteiger partial charge in [0.1, 0.15) is 5.75 Å². The van der Waals surface area contributed by atoms with E-state index in [-0.39, 0.29) is 5.91 Å². The Morgan fingerprint density at radius 2 is 1.11 bits per heavy atom. The first-order chi connectivity index (χ1) is 17.7. The molecule has 0 saturated carbocycles. The largest absolute Gasteiger partial charge is 0.494 e. The molecule has 0 radical (unpaired) electrons. The second kappa shape index (κ2) is 23.8. The minimum atomic E-state index is -0.181. The van der Waals surface area contributed by atoms with Crippen LogP contribution < -0.4 is 15.4 Å². The predicted octanol–water partition coefficient (Wildman–Crippen LogP) is 9.12. The van der Waals surface area contributed by atoms with Crippen molar-refractivity contribution < 1.29 is 9.53 Å². The van der Waals surface area contributed by atoms with E-state index in [0.717, 1.165) is 31.7 Å². The molecule has 1 aromatic carbocycles. The van der Waals surface area contributed by atoms with Crippen molar-refractivity contribution >= 4 is 23.2 Å². The molecule has 0 unspecified atom stereocenters. The van der Waals surface area contributed by atoms with Gasteiger partial charge in [-0.1, -0.05) is 123 Å². The third-order valence-corrected chi connectivity index (χ3v) is 6.92. The lowest BCUT2D eigenvalue weighted by Gasteiger charge is -2.10. The van der Waals surface area contributed by atoms with Crippen LogP contribution in [0.15, 0.2) is 24.3 Å². The van der Waals surface area contributed by atoms with Crippen molar-refractivity contribution in [2.45, 2.75) is 136 Å². The van der Waals surface area contributed by atoms with Crippen molar-refractivity contribution in [1.29, 1.82) is 0 Å². The van der Waals surface area contributed by atoms with Gasteiger partial charge in [0.2, 0.25) is 0 Å². The summed E-state index contributed by atoms with van der Waals surface area (Å²) in [7, 11) is 0. The molecule has 0 bridgehead atoms. The molecule has 0 atom stereocenters. The molecule has 36 heavy (non-hydrogen) atoms. The normalized spacial score (nSPS) is 10.8. The van der Waals surface area contributed by atoms with Crippen LogP contribution in [0, 0.1) is 0 Å². The Hall–Kier alpha value is -1.62. The molecule has 0 spiro atoms. The Balaban J connectivity index is 1.98. The molecule has 5 heteroatoms. The quantitative estimate of drug-likeness (QED) is 0.112. The SMILES string of the molecule is CCCCCCCCCCCCCCCCNC(=S)NC(=O)c1ccc(OCCCCCCC)cc1. The fourth-order valence-electron chi connectivity index (χ4n) is 4.34. The molecule has 1 rings (SSSR count). The Morgan fingerprint density at radius 1 is 0.667 bits per heavy atom. The first kappa shape index (κ1) is 32.4. The van der Waals surface area contributed by atoms with Crippen LogP contribution >= 0.6 is 12.2 Å². The zero-order valence-electron chi connectivity index (χ0n) is 23.4. The van der Waals surface area contributed by atoms with Crippen LogP contribution in [0.2, 0.25) is 0 Å². The van der Waals surface area contributed by atoms with E-state index in [0.29, 0.717) is 10.7 Å². The van der Waals surface area contributed by atoms with E-state index in [4.69, 9.17) is 17.0 Å². The summed E-state index contributed by atoms with van der Waals surface area (Å²) in [6, 6.07) is 7.29. The van der Waals surface area contributed by atoms with Crippen LogP contribution in [0.25, 0.3) is 0 Å². The predicted molar refractivity (Wildman–Crippen MR) is 159 cm³/mol. The van der Waals surface area contributed by atoms with Crippen LogP contribution in [-0.2, 0) is 0 Å². The molecule has 0 heterocycles. The van der Waals surface area contributed by atoms with Gasteiger partial charge in [0.25, 0.3) is 5.91 Å². The summed E-state index contributed by atoms with van der Waals surface area (Å²) in [5.41, 5.74) is 0.589. The molecule has 0 aliphatic carbocycles. The third-order valence-electron chi connectivity index (χ3n) is 6.68. The highest BCUT2D eigenvalue weighted by Crippen LogP contribution is 2.14. The van der Waals surface area contributed by atoms with Crippen molar-refractivity contribution in [3.8, 4) is 5.75 Å². The molecule has 0 fully saturated rings. The number of carbonyl (C=O) groups excluding carboxylic acids is 1. The van der Waals surface area contributed by atoms with E-state index in [2.05, 4.69) is 24.5 Å². The molecule has 1 amide bonds. The van der Waals surface area contributed by atoms with E-state index >= 15 is 0 Å². The number of nitrogens with one attached hydrogen (secondary N) is 2. The van der Waals surface area contributed by atoms with Crippen molar-refractivity contribution in [2.75, 3.05) is 13.2 Å². The zero-order chi connectivity index (χ0) is 26.1. The van der Waals surface area contributed by atoms with Gasteiger partial charge in [-0.15, -0.1) is 0 Å². The number of unbranched alkanes of at least 4 members (excludes halogenated alkanes) is 17. The number of rotatable bonds is 23. The van der Waals surface area contributed by atoms with Crippen LogP contribution in [0.4, 0.5) is 0 Å². The lowest BCUT2D eigenvalue weighted by Crippen LogP contribution is -2.39. The van der Waals surface area contributed by atoms with E-state index in [1.165, 1.54) is 109 Å². The number of hydrogen-bond donors (Lipinski definition) is 2. The molecule has 2 N–H and O–H groups in total. The number of carbonyl (C=O) groups is 1. The fraction of sp³-hybridized carbons (Fsp3) is 0.742. The third kappa shape index (κ3) is 18.6. The lowest BCUT2D eigenvalue weighted by molar-refractivity contribution is 0.0976. The van der Waals surface area contributed by atoms with Crippen LogP contribution in [0.5, 0.6) is 5.75 Å². The highest BCUT2D eigenvalue weighted by molar-refractivity contribution is 7.80. The molecule has 4 nitrogen and oxygen atoms in total. The number of benzene rings is 1. The van der Waals surface area contributed by atoms with Gasteiger partial charge in [-0.05, 0) is 49.3 Å². The van der Waals surface area contributed by atoms with Crippen molar-refractivity contribution in [3.05, 3.63) is 29.8 Å². The summed E-state index contributed by atoms with van der Waals surface area (Å²) in [4.78, 5) is 12.4. The summed E-state index contributed by atoms with van der Waals surface area (Å²) in [5.74, 6) is 0.625. The van der Waals surface area contributed by atoms with E-state index < -0.39 is 0 Å². The Morgan fingerprint density at radius 3 is 1.61 bits per heavy atom. The van der Waals surface area contributed by atoms with Crippen molar-refractivity contribution in [1.82, 2.24) is 10.6 Å². The Kier molecular flexibility index (Phi) is 21.4. The van der Waals surface area contributed by atoms with Gasteiger partial charge in [0.05, 0.1) is 6.61 Å². The highest BCUT2D eigenvalue weighted by Gasteiger charge is 2.08. The van der Waals surface area contributed by atoms with Gasteiger partial charge in [0.15, 0.2) is 5.11 Å². The molecular formula is C31H54N2O2S. The van der Waals surface area contributed by atoms with Crippen LogP contribution in [-0.4, -0.2) is 24.2 Å². The van der Waals surface area contributed by atoms with E-state index in [9.17, 15) is 4.79 Å². The summed E-state index contributed by atoms with van der Waals surface area (Å²) >= 11 is 5.29. The smallest absolute Gasteiger partial charge is 0.257 e. The molecular weight excluding hydrogens is 464 g/mol. The first-order valence-electron chi connectivity index (χ1n) is 15.0. The maximum atomic E-state index is 12.4. The average molecular weight is 519 g/mol. The summed E-state index contributed by atoms with van der Waals surface area (Å²) in [6.45, 7) is 6.03. The molecule has 0 saturated heterocycles. The molecule has 0 aliphatic rings. The average Bonchev–Trinajstić information content (AvgIpc) is 2.88. The monoisotopic (exact) mass is 518 g/mol. The van der Waals surface area contributed by atoms with Gasteiger partial charge in [0, 0.05) is 12.1 Å². The number of ether oxygens (including phenoxy) is 1. The number of thiocarbonyl (C=S) groups is 1. The maximum Gasteiger partial charge on any atom is 0.257 e. The minimum absolute atomic E-state index is 0.181. The minimum Gasteiger partial charge on any atom is -0.494 e. The second-order valence-electron chi connectivity index (χ2n) is 10.1. The number of hydrogen-bond acceptors (Lipinski definition) is 3. The lowest BCUT2D eigenvalue weighted by atomic mass is 10.0. The van der Waals surface area contributed by atoms with Crippen molar-refractivity contribution in [3.63, 3.8) is 0 Å². The van der Waals surface area contributed by atoms with Gasteiger partial charge >= 0.3 is 0 Å². The molecule has 206 valence electrons. The second-order valence-corrected chi connectivity index (χ2v) is 10.5. The Labute approximate surface area is 227 Å². The molecule has 0 aromatic heterocycles. The highest BCUT2D eigenvalue weighted by atomic mass is 32.1. The van der Waals surface area contributed by atoms with E-state index in [1.54, 1.807) is 12.1 Å². The first-order valence-corrected chi connectivity index (χ1v) is 15.4. The van der Waals surface area contributed by atoms with E-state index in [1.807, 2.05) is 12.1 Å². The maximum absolute atomic E-state index is 12.4. The summed E-state index contributed by atoms with van der Waals surface area (Å²) < 4.78 is 5.77. The zero-order valence-corrected chi connectivity index (χ0v) is 24.2. The van der Waals surface area contributed by atoms with Gasteiger partial charge in [-0.2, -0.15) is 0 Å². The summed E-state index contributed by atoms with van der Waals surface area (Å²) in [5, 5.41) is 6.34. The van der Waals surface area contributed by atoms with Crippen LogP contribution in [0.3, 0.4) is 0 Å². The Bertz CT molecular complexity index is 663. The standard InChI is InChI=1S/C31H54N2O2S/c1-3-5-7-9-10-11-12-13-14-15-16-17-18-20-26-32-31(36)33-30(34)28-22-24-29(25-23-28)35-27-21-19-8-6-4-2/h22-25H,3-21,26-27H2,1-2H3,(H2,32,33,34,36). The van der Waals surface area contributed by atoms with Crippen molar-refractivity contribution in [2.24, 2.45) is 0 Å². The topological polar surface area (TPSA) is 50.4 Å².